The number of ether oxygens (including phenoxy) is 3. The van der Waals surface area contributed by atoms with Crippen LogP contribution in [0.3, 0.4) is 0 Å². The molecular formula is C31H43N7O8. The quantitative estimate of drug-likeness (QED) is 0.258. The van der Waals surface area contributed by atoms with Crippen molar-refractivity contribution in [1.82, 2.24) is 30.4 Å². The van der Waals surface area contributed by atoms with Gasteiger partial charge in [0, 0.05) is 18.3 Å². The Labute approximate surface area is 268 Å². The average Bonchev–Trinajstić information content (AvgIpc) is 3.46. The molecular weight excluding hydrogens is 598 g/mol. The minimum atomic E-state index is -0.969. The highest BCUT2D eigenvalue weighted by atomic mass is 16.7. The van der Waals surface area contributed by atoms with E-state index in [1.165, 1.54) is 9.75 Å². The van der Waals surface area contributed by atoms with Crippen LogP contribution in [0.2, 0.25) is 0 Å². The lowest BCUT2D eigenvalue weighted by Gasteiger charge is -2.30. The molecule has 4 rings (SSSR count). The van der Waals surface area contributed by atoms with Gasteiger partial charge in [-0.25, -0.2) is 23.9 Å². The van der Waals surface area contributed by atoms with E-state index in [0.717, 1.165) is 5.56 Å². The minimum Gasteiger partial charge on any atom is -0.444 e. The number of nitrogens with one attached hydrogen (secondary N) is 2. The first kappa shape index (κ1) is 34.2. The van der Waals surface area contributed by atoms with E-state index in [1.807, 2.05) is 30.3 Å². The summed E-state index contributed by atoms with van der Waals surface area (Å²) in [7, 11) is 0. The van der Waals surface area contributed by atoms with Gasteiger partial charge in [0.1, 0.15) is 29.5 Å². The predicted octanol–water partition coefficient (Wildman–Crippen LogP) is 5.04. The summed E-state index contributed by atoms with van der Waals surface area (Å²) in [5, 5.41) is 11.1. The summed E-state index contributed by atoms with van der Waals surface area (Å²) in [5.74, 6) is -0.286. The van der Waals surface area contributed by atoms with E-state index in [0.29, 0.717) is 11.3 Å². The summed E-state index contributed by atoms with van der Waals surface area (Å²) in [6.07, 6.45) is -0.961. The number of carbonyl (C=O) groups is 4. The fraction of sp³-hybridized carbons (Fsp3) is 0.548. The van der Waals surface area contributed by atoms with Crippen molar-refractivity contribution in [3.63, 3.8) is 0 Å². The van der Waals surface area contributed by atoms with E-state index in [-0.39, 0.29) is 25.7 Å². The third kappa shape index (κ3) is 8.96. The highest BCUT2D eigenvalue weighted by Crippen LogP contribution is 2.43. The van der Waals surface area contributed by atoms with Gasteiger partial charge in [-0.05, 0) is 67.9 Å². The highest BCUT2D eigenvalue weighted by Gasteiger charge is 2.50. The fourth-order valence-corrected chi connectivity index (χ4v) is 4.72. The molecule has 0 spiro atoms. The van der Waals surface area contributed by atoms with E-state index < -0.39 is 53.2 Å². The molecule has 2 aliphatic rings. The number of rotatable bonds is 5. The second kappa shape index (κ2) is 13.0. The number of amides is 5. The van der Waals surface area contributed by atoms with E-state index in [4.69, 9.17) is 19.0 Å². The Hall–Kier alpha value is -4.66. The van der Waals surface area contributed by atoms with Gasteiger partial charge in [0.15, 0.2) is 0 Å². The molecule has 2 N–H and O–H groups in total. The lowest BCUT2D eigenvalue weighted by atomic mass is 9.98. The fourth-order valence-electron chi connectivity index (χ4n) is 4.72. The second-order valence-corrected chi connectivity index (χ2v) is 13.9. The largest absolute Gasteiger partial charge is 0.444 e. The normalized spacial score (nSPS) is 18.2. The monoisotopic (exact) mass is 641 g/mol. The zero-order valence-corrected chi connectivity index (χ0v) is 27.7. The first-order chi connectivity index (χ1) is 21.3. The molecule has 1 unspecified atom stereocenters. The van der Waals surface area contributed by atoms with Crippen molar-refractivity contribution in [3.8, 4) is 0 Å². The number of hydrogen-bond acceptors (Lipinski definition) is 9. The summed E-state index contributed by atoms with van der Waals surface area (Å²) in [6, 6.07) is 7.64. The Balaban J connectivity index is 1.71. The predicted molar refractivity (Wildman–Crippen MR) is 166 cm³/mol. The summed E-state index contributed by atoms with van der Waals surface area (Å²) in [5.41, 5.74) is -0.613. The first-order valence-corrected chi connectivity index (χ1v) is 14.9. The van der Waals surface area contributed by atoms with Gasteiger partial charge in [-0.3, -0.25) is 10.2 Å². The number of benzene rings is 1. The molecule has 15 heteroatoms. The van der Waals surface area contributed by atoms with Crippen LogP contribution in [0.4, 0.5) is 19.2 Å². The van der Waals surface area contributed by atoms with E-state index in [1.54, 1.807) is 73.4 Å². The van der Waals surface area contributed by atoms with Crippen LogP contribution in [-0.4, -0.2) is 79.9 Å². The Morgan fingerprint density at radius 2 is 1.52 bits per heavy atom. The van der Waals surface area contributed by atoms with Crippen molar-refractivity contribution in [2.24, 2.45) is 4.99 Å². The third-order valence-corrected chi connectivity index (χ3v) is 6.38. The molecule has 2 bridgehead atoms. The second-order valence-electron chi connectivity index (χ2n) is 13.9. The SMILES string of the molecule is CC(C)(C)OC(=O)N=C(NC(=O)OC(C)(C)C)n1cc2c(n1)C(CNC(=O)OC(C)(C)C)N1C[C@H]2N(OCc2ccccc2)C1=O. The number of carbonyl (C=O) groups excluding carboxylic acids is 4. The van der Waals surface area contributed by atoms with Gasteiger partial charge in [0.05, 0.1) is 18.3 Å². The number of alkyl carbamates (subject to hydrolysis) is 2. The van der Waals surface area contributed by atoms with Crippen LogP contribution >= 0.6 is 0 Å². The van der Waals surface area contributed by atoms with Crippen molar-refractivity contribution in [2.75, 3.05) is 13.1 Å². The summed E-state index contributed by atoms with van der Waals surface area (Å²) in [6.45, 7) is 15.7. The maximum absolute atomic E-state index is 13.6. The van der Waals surface area contributed by atoms with Crippen LogP contribution in [0.25, 0.3) is 0 Å². The number of aliphatic imine (C=N–C) groups is 1. The maximum atomic E-state index is 13.6. The number of urea groups is 1. The van der Waals surface area contributed by atoms with Crippen molar-refractivity contribution >= 4 is 30.3 Å². The van der Waals surface area contributed by atoms with Gasteiger partial charge in [-0.15, -0.1) is 4.99 Å². The minimum absolute atomic E-state index is 0.0397. The van der Waals surface area contributed by atoms with Gasteiger partial charge < -0.3 is 24.4 Å². The van der Waals surface area contributed by atoms with Gasteiger partial charge >= 0.3 is 24.3 Å². The molecule has 0 aliphatic carbocycles. The van der Waals surface area contributed by atoms with Crippen molar-refractivity contribution in [2.45, 2.75) is 97.8 Å². The Morgan fingerprint density at radius 1 is 0.913 bits per heavy atom. The molecule has 5 amide bonds. The molecule has 1 aromatic carbocycles. The number of nitrogens with zero attached hydrogens (tertiary/aromatic N) is 5. The third-order valence-electron chi connectivity index (χ3n) is 6.38. The summed E-state index contributed by atoms with van der Waals surface area (Å²) in [4.78, 5) is 63.3. The molecule has 15 nitrogen and oxygen atoms in total. The molecule has 1 aromatic heterocycles. The van der Waals surface area contributed by atoms with Crippen LogP contribution in [-0.2, 0) is 25.7 Å². The maximum Gasteiger partial charge on any atom is 0.437 e. The highest BCUT2D eigenvalue weighted by molar-refractivity contribution is 5.99. The molecule has 46 heavy (non-hydrogen) atoms. The van der Waals surface area contributed by atoms with Gasteiger partial charge in [0.2, 0.25) is 5.96 Å². The Bertz CT molecular complexity index is 1480. The smallest absolute Gasteiger partial charge is 0.437 e. The number of fused-ring (bicyclic) bond motifs is 4. The van der Waals surface area contributed by atoms with Gasteiger partial charge in [-0.2, -0.15) is 10.2 Å². The summed E-state index contributed by atoms with van der Waals surface area (Å²) >= 11 is 0. The molecule has 3 heterocycles. The molecule has 250 valence electrons. The van der Waals surface area contributed by atoms with Crippen molar-refractivity contribution < 1.29 is 38.2 Å². The molecule has 0 radical (unpaired) electrons. The van der Waals surface area contributed by atoms with E-state index >= 15 is 0 Å². The van der Waals surface area contributed by atoms with Gasteiger partial charge in [0.25, 0.3) is 0 Å². The molecule has 2 atom stereocenters. The zero-order chi connectivity index (χ0) is 34.0. The molecule has 1 fully saturated rings. The van der Waals surface area contributed by atoms with Crippen LogP contribution in [0.15, 0.2) is 41.5 Å². The first-order valence-electron chi connectivity index (χ1n) is 14.9. The number of hydrogen-bond donors (Lipinski definition) is 2. The Morgan fingerprint density at radius 3 is 2.13 bits per heavy atom. The molecule has 2 aromatic rings. The lowest BCUT2D eigenvalue weighted by molar-refractivity contribution is -0.141. The van der Waals surface area contributed by atoms with Crippen molar-refractivity contribution in [3.05, 3.63) is 53.3 Å². The van der Waals surface area contributed by atoms with E-state index in [2.05, 4.69) is 20.7 Å². The van der Waals surface area contributed by atoms with Crippen LogP contribution in [0.1, 0.15) is 91.2 Å². The van der Waals surface area contributed by atoms with E-state index in [9.17, 15) is 19.2 Å². The van der Waals surface area contributed by atoms with Gasteiger partial charge in [-0.1, -0.05) is 30.3 Å². The number of hydroxylamine groups is 2. The van der Waals surface area contributed by atoms with Crippen molar-refractivity contribution in [1.29, 1.82) is 0 Å². The zero-order valence-electron chi connectivity index (χ0n) is 27.7. The standard InChI is InChI=1S/C31H43N7O8/c1-29(2,3)44-25(39)32-15-21-23-20(22-17-36(21)28(42)38(22)43-18-19-13-11-10-12-14-19)16-37(35-23)24(33-26(40)45-30(4,5)6)34-27(41)46-31(7,8)9/h10-14,16,21-22H,15,17-18H2,1-9H3,(H,32,39)(H,33,34,40,41)/t21?,22-/m1/s1. The average molecular weight is 642 g/mol. The van der Waals surface area contributed by atoms with Crippen LogP contribution in [0, 0.1) is 0 Å². The molecule has 2 aliphatic heterocycles. The molecule has 1 saturated heterocycles. The molecule has 0 saturated carbocycles. The Kier molecular flexibility index (Phi) is 9.66. The number of aromatic nitrogens is 2. The summed E-state index contributed by atoms with van der Waals surface area (Å²) < 4.78 is 17.3. The van der Waals surface area contributed by atoms with Crippen LogP contribution in [0.5, 0.6) is 0 Å². The lowest BCUT2D eigenvalue weighted by Crippen LogP contribution is -2.43. The van der Waals surface area contributed by atoms with Crippen LogP contribution < -0.4 is 10.6 Å². The topological polar surface area (TPSA) is 166 Å².